The number of carbonyl (C=O) groups excluding carboxylic acids is 1. The van der Waals surface area contributed by atoms with Crippen LogP contribution in [0, 0.1) is 0 Å². The van der Waals surface area contributed by atoms with Crippen molar-refractivity contribution < 1.29 is 9.90 Å². The van der Waals surface area contributed by atoms with Crippen molar-refractivity contribution in [2.24, 2.45) is 0 Å². The Hall–Kier alpha value is -1.39. The van der Waals surface area contributed by atoms with Gasteiger partial charge in [0.05, 0.1) is 11.6 Å². The molecule has 0 aliphatic heterocycles. The molecule has 0 unspecified atom stereocenters. The van der Waals surface area contributed by atoms with E-state index in [0.717, 1.165) is 16.4 Å². The first-order chi connectivity index (χ1) is 6.77. The van der Waals surface area contributed by atoms with E-state index in [1.54, 1.807) is 12.1 Å². The number of fused-ring (bicyclic) bond motifs is 1. The fourth-order valence-corrected chi connectivity index (χ4v) is 2.52. The van der Waals surface area contributed by atoms with E-state index >= 15 is 0 Å². The summed E-state index contributed by atoms with van der Waals surface area (Å²) in [6.45, 7) is -0.0891. The maximum Gasteiger partial charge on any atom is 0.151 e. The average Bonchev–Trinajstić information content (AvgIpc) is 2.52. The minimum Gasteiger partial charge on any atom is -0.392 e. The fraction of sp³-hybridized carbons (Fsp3) is 0.100. The first kappa shape index (κ1) is 9.18. The van der Waals surface area contributed by atoms with Crippen LogP contribution in [0.1, 0.15) is 15.9 Å². The van der Waals surface area contributed by atoms with Crippen LogP contribution in [0.2, 0.25) is 0 Å². The van der Waals surface area contributed by atoms with Crippen molar-refractivity contribution in [1.82, 2.24) is 0 Å². The van der Waals surface area contributed by atoms with Gasteiger partial charge in [0, 0.05) is 21.2 Å². The monoisotopic (exact) mass is 207 g/mol. The van der Waals surface area contributed by atoms with E-state index in [1.165, 1.54) is 11.3 Å². The van der Waals surface area contributed by atoms with Gasteiger partial charge in [-0.2, -0.15) is 0 Å². The molecule has 72 valence electrons. The maximum absolute atomic E-state index is 10.7. The van der Waals surface area contributed by atoms with Crippen LogP contribution in [0.15, 0.2) is 18.2 Å². The standard InChI is InChI=1S/C10H9NO2S/c11-10-8(5-13)7-3-1-2-6(4-12)9(7)14-10/h1-4,13H,5,11H2. The summed E-state index contributed by atoms with van der Waals surface area (Å²) in [5, 5.41) is 10.6. The Morgan fingerprint density at radius 1 is 1.50 bits per heavy atom. The van der Waals surface area contributed by atoms with E-state index in [4.69, 9.17) is 10.8 Å². The van der Waals surface area contributed by atoms with Crippen molar-refractivity contribution in [1.29, 1.82) is 0 Å². The molecule has 0 spiro atoms. The summed E-state index contributed by atoms with van der Waals surface area (Å²) in [7, 11) is 0. The number of aldehydes is 1. The van der Waals surface area contributed by atoms with Crippen LogP contribution in [0.3, 0.4) is 0 Å². The predicted octanol–water partition coefficient (Wildman–Crippen LogP) is 1.79. The molecule has 14 heavy (non-hydrogen) atoms. The third-order valence-corrected chi connectivity index (χ3v) is 3.29. The molecule has 1 aromatic heterocycles. The Bertz CT molecular complexity index is 490. The van der Waals surface area contributed by atoms with Gasteiger partial charge in [-0.3, -0.25) is 4.79 Å². The number of hydrogen-bond acceptors (Lipinski definition) is 4. The van der Waals surface area contributed by atoms with Crippen LogP contribution >= 0.6 is 11.3 Å². The number of thiophene rings is 1. The zero-order valence-corrected chi connectivity index (χ0v) is 8.17. The third kappa shape index (κ3) is 1.20. The SMILES string of the molecule is Nc1sc2c(C=O)cccc2c1CO. The first-order valence-electron chi connectivity index (χ1n) is 4.14. The van der Waals surface area contributed by atoms with Crippen molar-refractivity contribution in [2.75, 3.05) is 5.73 Å². The highest BCUT2D eigenvalue weighted by Gasteiger charge is 2.10. The summed E-state index contributed by atoms with van der Waals surface area (Å²) in [5.74, 6) is 0. The molecule has 0 fully saturated rings. The van der Waals surface area contributed by atoms with Crippen molar-refractivity contribution >= 4 is 32.7 Å². The van der Waals surface area contributed by atoms with Gasteiger partial charge in [0.2, 0.25) is 0 Å². The molecule has 0 aliphatic carbocycles. The van der Waals surface area contributed by atoms with Gasteiger partial charge in [0.1, 0.15) is 0 Å². The Kier molecular flexibility index (Phi) is 2.23. The van der Waals surface area contributed by atoms with Crippen LogP contribution in [0.4, 0.5) is 5.00 Å². The largest absolute Gasteiger partial charge is 0.392 e. The molecule has 0 amide bonds. The molecule has 3 nitrogen and oxygen atoms in total. The van der Waals surface area contributed by atoms with Gasteiger partial charge >= 0.3 is 0 Å². The minimum absolute atomic E-state index is 0.0891. The van der Waals surface area contributed by atoms with E-state index in [0.29, 0.717) is 16.1 Å². The summed E-state index contributed by atoms with van der Waals surface area (Å²) in [6, 6.07) is 5.39. The Balaban J connectivity index is 2.85. The predicted molar refractivity (Wildman–Crippen MR) is 57.5 cm³/mol. The second-order valence-electron chi connectivity index (χ2n) is 2.94. The summed E-state index contributed by atoms with van der Waals surface area (Å²) in [6.07, 6.45) is 0.805. The van der Waals surface area contributed by atoms with Crippen molar-refractivity contribution in [3.63, 3.8) is 0 Å². The minimum atomic E-state index is -0.0891. The second-order valence-corrected chi connectivity index (χ2v) is 4.00. The lowest BCUT2D eigenvalue weighted by molar-refractivity contribution is 0.112. The van der Waals surface area contributed by atoms with E-state index in [9.17, 15) is 4.79 Å². The highest BCUT2D eigenvalue weighted by molar-refractivity contribution is 7.23. The zero-order chi connectivity index (χ0) is 10.1. The van der Waals surface area contributed by atoms with E-state index in [-0.39, 0.29) is 6.61 Å². The second kappa shape index (κ2) is 3.40. The summed E-state index contributed by atoms with van der Waals surface area (Å²) in [4.78, 5) is 10.7. The van der Waals surface area contributed by atoms with Gasteiger partial charge in [-0.05, 0) is 0 Å². The number of benzene rings is 1. The van der Waals surface area contributed by atoms with Crippen molar-refractivity contribution in [3.8, 4) is 0 Å². The molecule has 0 atom stereocenters. The first-order valence-corrected chi connectivity index (χ1v) is 4.95. The zero-order valence-electron chi connectivity index (χ0n) is 7.36. The Morgan fingerprint density at radius 3 is 2.93 bits per heavy atom. The van der Waals surface area contributed by atoms with Crippen LogP contribution < -0.4 is 5.73 Å². The molecule has 0 bridgehead atoms. The molecular weight excluding hydrogens is 198 g/mol. The molecule has 0 radical (unpaired) electrons. The molecule has 2 aromatic rings. The summed E-state index contributed by atoms with van der Waals surface area (Å²) < 4.78 is 0.851. The summed E-state index contributed by atoms with van der Waals surface area (Å²) >= 11 is 1.34. The van der Waals surface area contributed by atoms with Gasteiger partial charge in [-0.15, -0.1) is 11.3 Å². The highest BCUT2D eigenvalue weighted by atomic mass is 32.1. The van der Waals surface area contributed by atoms with E-state index in [1.807, 2.05) is 6.07 Å². The van der Waals surface area contributed by atoms with Gasteiger partial charge in [-0.25, -0.2) is 0 Å². The number of nitrogens with two attached hydrogens (primary N) is 1. The van der Waals surface area contributed by atoms with E-state index in [2.05, 4.69) is 0 Å². The fourth-order valence-electron chi connectivity index (χ4n) is 1.47. The quantitative estimate of drug-likeness (QED) is 0.738. The lowest BCUT2D eigenvalue weighted by atomic mass is 10.1. The van der Waals surface area contributed by atoms with Crippen LogP contribution in [0.25, 0.3) is 10.1 Å². The molecule has 0 aliphatic rings. The number of aliphatic hydroxyl groups is 1. The molecule has 0 saturated heterocycles. The Labute approximate surface area is 84.8 Å². The molecule has 1 aromatic carbocycles. The van der Waals surface area contributed by atoms with Gasteiger partial charge in [0.25, 0.3) is 0 Å². The van der Waals surface area contributed by atoms with Gasteiger partial charge in [0.15, 0.2) is 6.29 Å². The van der Waals surface area contributed by atoms with Gasteiger partial charge < -0.3 is 10.8 Å². The van der Waals surface area contributed by atoms with Crippen LogP contribution in [0.5, 0.6) is 0 Å². The molecule has 0 saturated carbocycles. The van der Waals surface area contributed by atoms with Crippen molar-refractivity contribution in [3.05, 3.63) is 29.3 Å². The smallest absolute Gasteiger partial charge is 0.151 e. The third-order valence-electron chi connectivity index (χ3n) is 2.17. The maximum atomic E-state index is 10.7. The molecule has 4 heteroatoms. The molecule has 1 heterocycles. The van der Waals surface area contributed by atoms with E-state index < -0.39 is 0 Å². The molecule has 2 rings (SSSR count). The van der Waals surface area contributed by atoms with Crippen molar-refractivity contribution in [2.45, 2.75) is 6.61 Å². The lowest BCUT2D eigenvalue weighted by Crippen LogP contribution is -1.87. The number of carbonyl (C=O) groups is 1. The summed E-state index contributed by atoms with van der Waals surface area (Å²) in [5.41, 5.74) is 7.07. The number of aliphatic hydroxyl groups excluding tert-OH is 1. The van der Waals surface area contributed by atoms with Crippen LogP contribution in [-0.2, 0) is 6.61 Å². The average molecular weight is 207 g/mol. The topological polar surface area (TPSA) is 63.3 Å². The Morgan fingerprint density at radius 2 is 2.29 bits per heavy atom. The number of nitrogen functional groups attached to an aromatic ring is 1. The highest BCUT2D eigenvalue weighted by Crippen LogP contribution is 2.34. The molecule has 3 N–H and O–H groups in total. The van der Waals surface area contributed by atoms with Gasteiger partial charge in [-0.1, -0.05) is 18.2 Å². The lowest BCUT2D eigenvalue weighted by Gasteiger charge is -1.95. The van der Waals surface area contributed by atoms with Crippen LogP contribution in [-0.4, -0.2) is 11.4 Å². The number of anilines is 1. The molecular formula is C10H9NO2S. The number of hydrogen-bond donors (Lipinski definition) is 2. The number of rotatable bonds is 2. The normalized spacial score (nSPS) is 10.6.